The Kier molecular flexibility index (Phi) is 6.82. The molecule has 0 aromatic heterocycles. The number of carbonyl (C=O) groups is 2. The molecule has 35 heavy (non-hydrogen) atoms. The van der Waals surface area contributed by atoms with Gasteiger partial charge in [-0.1, -0.05) is 77.8 Å². The normalized spacial score (nSPS) is 14.8. The first-order valence-electron chi connectivity index (χ1n) is 10.9. The molecule has 4 aromatic carbocycles. The summed E-state index contributed by atoms with van der Waals surface area (Å²) in [7, 11) is 0. The van der Waals surface area contributed by atoms with Crippen LogP contribution in [0.25, 0.3) is 16.8 Å². The summed E-state index contributed by atoms with van der Waals surface area (Å²) in [5.74, 6) is 0.218. The standard InChI is InChI=1S/C28H19Cl2NO3S/c29-23-10-6-18(7-11-23)16-31-27(32)26(35-28(31)33)15-19-8-12-25(24(30)14-19)34-17-20-5-9-21-3-1-2-4-22(21)13-20/h1-15H,16-17H2/b26-15-. The minimum Gasteiger partial charge on any atom is -0.487 e. The zero-order valence-electron chi connectivity index (χ0n) is 18.4. The molecule has 0 radical (unpaired) electrons. The molecule has 4 aromatic rings. The van der Waals surface area contributed by atoms with E-state index in [4.69, 9.17) is 27.9 Å². The van der Waals surface area contributed by atoms with Gasteiger partial charge < -0.3 is 4.74 Å². The van der Waals surface area contributed by atoms with Crippen LogP contribution in [0.5, 0.6) is 5.75 Å². The maximum Gasteiger partial charge on any atom is 0.293 e. The fourth-order valence-corrected chi connectivity index (χ4v) is 4.98. The molecule has 1 aliphatic rings. The number of nitrogens with zero attached hydrogens (tertiary/aromatic N) is 1. The van der Waals surface area contributed by atoms with Crippen LogP contribution in [-0.2, 0) is 17.9 Å². The van der Waals surface area contributed by atoms with Crippen LogP contribution in [-0.4, -0.2) is 16.0 Å². The molecule has 1 aliphatic heterocycles. The zero-order chi connectivity index (χ0) is 24.4. The molecule has 7 heteroatoms. The van der Waals surface area contributed by atoms with Gasteiger partial charge in [-0.05, 0) is 75.6 Å². The number of thioether (sulfide) groups is 1. The van der Waals surface area contributed by atoms with Crippen LogP contribution in [0.2, 0.25) is 10.0 Å². The fourth-order valence-electron chi connectivity index (χ4n) is 3.77. The molecule has 0 atom stereocenters. The van der Waals surface area contributed by atoms with Crippen LogP contribution in [0.1, 0.15) is 16.7 Å². The van der Waals surface area contributed by atoms with Crippen LogP contribution in [0.3, 0.4) is 0 Å². The van der Waals surface area contributed by atoms with E-state index >= 15 is 0 Å². The van der Waals surface area contributed by atoms with E-state index in [0.29, 0.717) is 32.9 Å². The van der Waals surface area contributed by atoms with Gasteiger partial charge >= 0.3 is 0 Å². The van der Waals surface area contributed by atoms with Gasteiger partial charge in [0.25, 0.3) is 11.1 Å². The Labute approximate surface area is 217 Å². The largest absolute Gasteiger partial charge is 0.487 e. The first-order valence-corrected chi connectivity index (χ1v) is 12.4. The highest BCUT2D eigenvalue weighted by atomic mass is 35.5. The zero-order valence-corrected chi connectivity index (χ0v) is 20.7. The molecule has 0 aliphatic carbocycles. The van der Waals surface area contributed by atoms with Gasteiger partial charge in [0.2, 0.25) is 0 Å². The van der Waals surface area contributed by atoms with Gasteiger partial charge in [-0.2, -0.15) is 0 Å². The second-order valence-electron chi connectivity index (χ2n) is 8.05. The van der Waals surface area contributed by atoms with Gasteiger partial charge in [0, 0.05) is 5.02 Å². The highest BCUT2D eigenvalue weighted by Gasteiger charge is 2.35. The Morgan fingerprint density at radius 1 is 0.829 bits per heavy atom. The molecule has 0 saturated carbocycles. The summed E-state index contributed by atoms with van der Waals surface area (Å²) in [6, 6.07) is 26.7. The third-order valence-corrected chi connectivity index (χ3v) is 7.04. The van der Waals surface area contributed by atoms with Crippen LogP contribution in [0.4, 0.5) is 4.79 Å². The number of ether oxygens (including phenoxy) is 1. The molecule has 1 saturated heterocycles. The van der Waals surface area contributed by atoms with E-state index in [2.05, 4.69) is 24.3 Å². The maximum atomic E-state index is 12.8. The minimum atomic E-state index is -0.331. The number of amides is 2. The Hall–Kier alpha value is -3.25. The molecule has 1 heterocycles. The molecule has 1 fully saturated rings. The number of benzene rings is 4. The summed E-state index contributed by atoms with van der Waals surface area (Å²) >= 11 is 13.3. The average molecular weight is 520 g/mol. The molecule has 2 amide bonds. The van der Waals surface area contributed by atoms with Gasteiger partial charge in [0.1, 0.15) is 12.4 Å². The van der Waals surface area contributed by atoms with Crippen molar-refractivity contribution in [2.75, 3.05) is 0 Å². The van der Waals surface area contributed by atoms with E-state index in [1.165, 1.54) is 10.3 Å². The number of rotatable bonds is 6. The Balaban J connectivity index is 1.27. The summed E-state index contributed by atoms with van der Waals surface area (Å²) in [5, 5.41) is 3.05. The second kappa shape index (κ2) is 10.2. The minimum absolute atomic E-state index is 0.196. The van der Waals surface area contributed by atoms with Crippen molar-refractivity contribution in [3.05, 3.63) is 117 Å². The second-order valence-corrected chi connectivity index (χ2v) is 9.89. The third kappa shape index (κ3) is 5.38. The van der Waals surface area contributed by atoms with Crippen molar-refractivity contribution in [3.8, 4) is 5.75 Å². The molecular formula is C28H19Cl2NO3S. The number of halogens is 2. The molecular weight excluding hydrogens is 501 g/mol. The van der Waals surface area contributed by atoms with Crippen LogP contribution in [0, 0.1) is 0 Å². The van der Waals surface area contributed by atoms with Crippen LogP contribution < -0.4 is 4.74 Å². The third-order valence-electron chi connectivity index (χ3n) is 5.59. The molecule has 174 valence electrons. The van der Waals surface area contributed by atoms with E-state index in [0.717, 1.165) is 28.3 Å². The van der Waals surface area contributed by atoms with E-state index in [9.17, 15) is 9.59 Å². The van der Waals surface area contributed by atoms with E-state index in [1.54, 1.807) is 42.5 Å². The lowest BCUT2D eigenvalue weighted by atomic mass is 10.1. The van der Waals surface area contributed by atoms with Gasteiger partial charge in [0.15, 0.2) is 0 Å². The number of carbonyl (C=O) groups excluding carboxylic acids is 2. The Morgan fingerprint density at radius 2 is 1.57 bits per heavy atom. The number of imide groups is 1. The topological polar surface area (TPSA) is 46.6 Å². The van der Waals surface area contributed by atoms with Crippen LogP contribution >= 0.6 is 35.0 Å². The highest BCUT2D eigenvalue weighted by Crippen LogP contribution is 2.35. The van der Waals surface area contributed by atoms with Crippen molar-refractivity contribution in [2.45, 2.75) is 13.2 Å². The van der Waals surface area contributed by atoms with Crippen molar-refractivity contribution >= 4 is 63.0 Å². The maximum absolute atomic E-state index is 12.8. The van der Waals surface area contributed by atoms with Crippen molar-refractivity contribution < 1.29 is 14.3 Å². The summed E-state index contributed by atoms with van der Waals surface area (Å²) < 4.78 is 5.93. The summed E-state index contributed by atoms with van der Waals surface area (Å²) in [6.07, 6.45) is 1.67. The van der Waals surface area contributed by atoms with Gasteiger partial charge in [-0.25, -0.2) is 0 Å². The average Bonchev–Trinajstić information content (AvgIpc) is 3.12. The smallest absolute Gasteiger partial charge is 0.293 e. The fraction of sp³-hybridized carbons (Fsp3) is 0.0714. The first-order chi connectivity index (χ1) is 17.0. The van der Waals surface area contributed by atoms with Crippen molar-refractivity contribution in [1.29, 1.82) is 0 Å². The van der Waals surface area contributed by atoms with Gasteiger partial charge in [0.05, 0.1) is 16.5 Å². The molecule has 0 unspecified atom stereocenters. The molecule has 0 N–H and O–H groups in total. The van der Waals surface area contributed by atoms with Crippen molar-refractivity contribution in [2.24, 2.45) is 0 Å². The van der Waals surface area contributed by atoms with Crippen molar-refractivity contribution in [1.82, 2.24) is 4.90 Å². The summed E-state index contributed by atoms with van der Waals surface area (Å²) in [6.45, 7) is 0.578. The van der Waals surface area contributed by atoms with Gasteiger partial charge in [-0.3, -0.25) is 14.5 Å². The van der Waals surface area contributed by atoms with Crippen LogP contribution in [0.15, 0.2) is 89.8 Å². The number of fused-ring (bicyclic) bond motifs is 1. The molecule has 4 nitrogen and oxygen atoms in total. The van der Waals surface area contributed by atoms with E-state index in [1.807, 2.05) is 24.3 Å². The quantitative estimate of drug-likeness (QED) is 0.242. The van der Waals surface area contributed by atoms with E-state index in [-0.39, 0.29) is 17.7 Å². The summed E-state index contributed by atoms with van der Waals surface area (Å²) in [4.78, 5) is 26.8. The van der Waals surface area contributed by atoms with E-state index < -0.39 is 0 Å². The Morgan fingerprint density at radius 3 is 2.34 bits per heavy atom. The lowest BCUT2D eigenvalue weighted by molar-refractivity contribution is -0.123. The summed E-state index contributed by atoms with van der Waals surface area (Å²) in [5.41, 5.74) is 2.58. The predicted molar refractivity (Wildman–Crippen MR) is 143 cm³/mol. The molecule has 5 rings (SSSR count). The number of hydrogen-bond acceptors (Lipinski definition) is 4. The van der Waals surface area contributed by atoms with Gasteiger partial charge in [-0.15, -0.1) is 0 Å². The molecule has 0 spiro atoms. The Bertz CT molecular complexity index is 1470. The lowest BCUT2D eigenvalue weighted by Crippen LogP contribution is -2.27. The monoisotopic (exact) mass is 519 g/mol. The van der Waals surface area contributed by atoms with Crippen molar-refractivity contribution in [3.63, 3.8) is 0 Å². The number of hydrogen-bond donors (Lipinski definition) is 0. The first kappa shape index (κ1) is 23.5. The SMILES string of the molecule is O=C1S/C(=C\c2ccc(OCc3ccc4ccccc4c3)c(Cl)c2)C(=O)N1Cc1ccc(Cl)cc1. The lowest BCUT2D eigenvalue weighted by Gasteiger charge is -2.12. The molecule has 0 bridgehead atoms. The highest BCUT2D eigenvalue weighted by molar-refractivity contribution is 8.18. The predicted octanol–water partition coefficient (Wildman–Crippen LogP) is 7.96.